The fraction of sp³-hybridized carbons (Fsp3) is 0.520. The van der Waals surface area contributed by atoms with Gasteiger partial charge in [-0.3, -0.25) is 9.69 Å². The number of likely N-dealkylation sites (tertiary alicyclic amines) is 1. The highest BCUT2D eigenvalue weighted by atomic mass is 16.5. The average Bonchev–Trinajstić information content (AvgIpc) is 3.54. The lowest BCUT2D eigenvalue weighted by Gasteiger charge is -2.37. The van der Waals surface area contributed by atoms with Gasteiger partial charge in [0.15, 0.2) is 5.69 Å². The molecule has 1 amide bonds. The van der Waals surface area contributed by atoms with E-state index < -0.39 is 5.97 Å². The van der Waals surface area contributed by atoms with Gasteiger partial charge in [-0.15, -0.1) is 0 Å². The zero-order chi connectivity index (χ0) is 23.9. The molecule has 3 aliphatic heterocycles. The Kier molecular flexibility index (Phi) is 5.89. The summed E-state index contributed by atoms with van der Waals surface area (Å²) < 4.78 is 15.4. The minimum absolute atomic E-state index is 0.0536. The molecule has 4 heterocycles. The third kappa shape index (κ3) is 3.87. The number of piperidine rings is 1. The SMILES string of the molecule is CCOC(=O)c1cc(N2CCC3(CCN(CCc4ccc5c(c4C)COC5=O)CC3)C2=O)on1. The van der Waals surface area contributed by atoms with E-state index in [1.165, 1.54) is 11.6 Å². The van der Waals surface area contributed by atoms with Gasteiger partial charge in [0.1, 0.15) is 6.61 Å². The summed E-state index contributed by atoms with van der Waals surface area (Å²) in [5.74, 6) is -0.423. The average molecular weight is 468 g/mol. The number of cyclic esters (lactones) is 1. The summed E-state index contributed by atoms with van der Waals surface area (Å²) in [5.41, 5.74) is 3.78. The lowest BCUT2D eigenvalue weighted by molar-refractivity contribution is -0.128. The molecule has 3 aliphatic rings. The van der Waals surface area contributed by atoms with E-state index in [1.807, 2.05) is 12.1 Å². The number of esters is 2. The predicted molar refractivity (Wildman–Crippen MR) is 122 cm³/mol. The van der Waals surface area contributed by atoms with E-state index in [-0.39, 0.29) is 29.6 Å². The number of carbonyl (C=O) groups is 3. The molecule has 2 saturated heterocycles. The number of aromatic nitrogens is 1. The third-order valence-electron chi connectivity index (χ3n) is 7.55. The number of hydrogen-bond donors (Lipinski definition) is 0. The van der Waals surface area contributed by atoms with Crippen molar-refractivity contribution in [2.75, 3.05) is 37.7 Å². The van der Waals surface area contributed by atoms with E-state index in [1.54, 1.807) is 11.8 Å². The van der Waals surface area contributed by atoms with E-state index in [0.29, 0.717) is 24.6 Å². The van der Waals surface area contributed by atoms with Crippen LogP contribution < -0.4 is 4.90 Å². The van der Waals surface area contributed by atoms with Crippen LogP contribution in [0.3, 0.4) is 0 Å². The van der Waals surface area contributed by atoms with Crippen molar-refractivity contribution in [2.45, 2.75) is 46.1 Å². The largest absolute Gasteiger partial charge is 0.461 e. The fourth-order valence-electron chi connectivity index (χ4n) is 5.34. The Morgan fingerprint density at radius 2 is 1.94 bits per heavy atom. The Bertz CT molecular complexity index is 1130. The first-order valence-corrected chi connectivity index (χ1v) is 11.9. The second-order valence-corrected chi connectivity index (χ2v) is 9.30. The van der Waals surface area contributed by atoms with Crippen molar-refractivity contribution in [3.05, 3.63) is 46.1 Å². The van der Waals surface area contributed by atoms with Crippen molar-refractivity contribution < 1.29 is 28.4 Å². The summed E-state index contributed by atoms with van der Waals surface area (Å²) in [5, 5.41) is 3.77. The second-order valence-electron chi connectivity index (χ2n) is 9.30. The lowest BCUT2D eigenvalue weighted by Crippen LogP contribution is -2.45. The molecule has 0 radical (unpaired) electrons. The van der Waals surface area contributed by atoms with Crippen molar-refractivity contribution >= 4 is 23.7 Å². The Morgan fingerprint density at radius 1 is 1.18 bits per heavy atom. The van der Waals surface area contributed by atoms with Gasteiger partial charge in [0.25, 0.3) is 0 Å². The van der Waals surface area contributed by atoms with Gasteiger partial charge in [0, 0.05) is 24.7 Å². The number of benzene rings is 1. The van der Waals surface area contributed by atoms with E-state index >= 15 is 0 Å². The molecule has 0 atom stereocenters. The first kappa shape index (κ1) is 22.6. The summed E-state index contributed by atoms with van der Waals surface area (Å²) in [6.07, 6.45) is 3.27. The molecule has 0 saturated carbocycles. The molecule has 2 aromatic rings. The summed E-state index contributed by atoms with van der Waals surface area (Å²) in [6.45, 7) is 7.59. The van der Waals surface area contributed by atoms with Crippen LogP contribution in [0.15, 0.2) is 22.7 Å². The quantitative estimate of drug-likeness (QED) is 0.598. The maximum atomic E-state index is 13.3. The van der Waals surface area contributed by atoms with Crippen LogP contribution in [0.5, 0.6) is 0 Å². The number of carbonyl (C=O) groups excluding carboxylic acids is 3. The standard InChI is InChI=1S/C25H29N3O6/c1-3-32-23(30)20-14-21(34-26-20)28-13-9-25(24(28)31)7-11-27(12-8-25)10-6-17-4-5-18-19(16(17)2)15-33-22(18)29/h4-5,14H,3,6-13,15H2,1-2H3. The minimum atomic E-state index is -0.551. The number of ether oxygens (including phenoxy) is 2. The summed E-state index contributed by atoms with van der Waals surface area (Å²) in [7, 11) is 0. The maximum Gasteiger partial charge on any atom is 0.360 e. The van der Waals surface area contributed by atoms with Crippen LogP contribution in [0, 0.1) is 12.3 Å². The first-order chi connectivity index (χ1) is 16.4. The Labute approximate surface area is 198 Å². The highest BCUT2D eigenvalue weighted by Gasteiger charge is 2.49. The van der Waals surface area contributed by atoms with Crippen molar-refractivity contribution in [1.29, 1.82) is 0 Å². The fourth-order valence-corrected chi connectivity index (χ4v) is 5.34. The molecule has 1 aromatic heterocycles. The van der Waals surface area contributed by atoms with Gasteiger partial charge < -0.3 is 18.9 Å². The molecule has 0 N–H and O–H groups in total. The molecule has 5 rings (SSSR count). The van der Waals surface area contributed by atoms with Gasteiger partial charge in [-0.25, -0.2) is 9.59 Å². The van der Waals surface area contributed by atoms with Gasteiger partial charge in [-0.05, 0) is 69.8 Å². The molecule has 1 spiro atoms. The second kappa shape index (κ2) is 8.87. The summed E-state index contributed by atoms with van der Waals surface area (Å²) in [6, 6.07) is 5.40. The van der Waals surface area contributed by atoms with E-state index in [9.17, 15) is 14.4 Å². The number of nitrogens with zero attached hydrogens (tertiary/aromatic N) is 3. The van der Waals surface area contributed by atoms with Gasteiger partial charge in [-0.2, -0.15) is 0 Å². The van der Waals surface area contributed by atoms with Crippen LogP contribution in [0.4, 0.5) is 5.88 Å². The van der Waals surface area contributed by atoms with Crippen LogP contribution in [0.2, 0.25) is 0 Å². The first-order valence-electron chi connectivity index (χ1n) is 11.9. The van der Waals surface area contributed by atoms with Gasteiger partial charge in [-0.1, -0.05) is 11.2 Å². The maximum absolute atomic E-state index is 13.3. The third-order valence-corrected chi connectivity index (χ3v) is 7.55. The minimum Gasteiger partial charge on any atom is -0.461 e. The zero-order valence-electron chi connectivity index (χ0n) is 19.6. The van der Waals surface area contributed by atoms with Crippen LogP contribution in [-0.2, 0) is 27.3 Å². The molecule has 2 fully saturated rings. The highest BCUT2D eigenvalue weighted by Crippen LogP contribution is 2.43. The topological polar surface area (TPSA) is 102 Å². The van der Waals surface area contributed by atoms with Crippen molar-refractivity contribution in [1.82, 2.24) is 10.1 Å². The number of anilines is 1. The normalized spacial score (nSPS) is 19.5. The summed E-state index contributed by atoms with van der Waals surface area (Å²) in [4.78, 5) is 41.0. The number of fused-ring (bicyclic) bond motifs is 1. The number of hydrogen-bond acceptors (Lipinski definition) is 8. The molecule has 9 heteroatoms. The molecule has 34 heavy (non-hydrogen) atoms. The van der Waals surface area contributed by atoms with Crippen molar-refractivity contribution in [2.24, 2.45) is 5.41 Å². The van der Waals surface area contributed by atoms with Crippen LogP contribution in [0.1, 0.15) is 63.7 Å². The Balaban J connectivity index is 1.17. The summed E-state index contributed by atoms with van der Waals surface area (Å²) >= 11 is 0. The molecular formula is C25H29N3O6. The van der Waals surface area contributed by atoms with Crippen LogP contribution in [-0.4, -0.2) is 60.7 Å². The number of amides is 1. The molecule has 0 bridgehead atoms. The monoisotopic (exact) mass is 467 g/mol. The molecule has 1 aromatic carbocycles. The van der Waals surface area contributed by atoms with E-state index in [0.717, 1.165) is 56.4 Å². The Hall–Kier alpha value is -3.20. The van der Waals surface area contributed by atoms with Crippen LogP contribution in [0.25, 0.3) is 0 Å². The highest BCUT2D eigenvalue weighted by molar-refractivity contribution is 5.99. The smallest absolute Gasteiger partial charge is 0.360 e. The molecule has 180 valence electrons. The molecule has 0 aliphatic carbocycles. The van der Waals surface area contributed by atoms with Crippen molar-refractivity contribution in [3.63, 3.8) is 0 Å². The van der Waals surface area contributed by atoms with Gasteiger partial charge in [0.2, 0.25) is 11.8 Å². The molecule has 9 nitrogen and oxygen atoms in total. The Morgan fingerprint density at radius 3 is 2.71 bits per heavy atom. The number of rotatable bonds is 6. The molecular weight excluding hydrogens is 438 g/mol. The van der Waals surface area contributed by atoms with Crippen LogP contribution >= 0.6 is 0 Å². The van der Waals surface area contributed by atoms with E-state index in [2.05, 4.69) is 17.0 Å². The van der Waals surface area contributed by atoms with Gasteiger partial charge in [0.05, 0.1) is 17.6 Å². The molecule has 0 unspecified atom stereocenters. The van der Waals surface area contributed by atoms with Crippen molar-refractivity contribution in [3.8, 4) is 0 Å². The van der Waals surface area contributed by atoms with E-state index in [4.69, 9.17) is 14.0 Å². The lowest BCUT2D eigenvalue weighted by atomic mass is 9.77. The zero-order valence-corrected chi connectivity index (χ0v) is 19.6. The predicted octanol–water partition coefficient (Wildman–Crippen LogP) is 2.89. The van der Waals surface area contributed by atoms with Gasteiger partial charge >= 0.3 is 11.9 Å².